The van der Waals surface area contributed by atoms with E-state index in [0.717, 1.165) is 0 Å². The number of allylic oxidation sites excluding steroid dienone is 2. The lowest BCUT2D eigenvalue weighted by molar-refractivity contribution is -0.0523. The molecular formula is C8H6F3NO3S. The lowest BCUT2D eigenvalue weighted by atomic mass is 10.2. The first-order valence-corrected chi connectivity index (χ1v) is 5.78. The topological polar surface area (TPSA) is 67.2 Å². The largest absolute Gasteiger partial charge is 0.534 e. The van der Waals surface area contributed by atoms with Crippen LogP contribution in [0.1, 0.15) is 6.42 Å². The van der Waals surface area contributed by atoms with Gasteiger partial charge in [0.1, 0.15) is 5.76 Å². The summed E-state index contributed by atoms with van der Waals surface area (Å²) in [6, 6.07) is 1.98. The highest BCUT2D eigenvalue weighted by Gasteiger charge is 2.56. The van der Waals surface area contributed by atoms with Crippen LogP contribution in [0.15, 0.2) is 11.8 Å². The van der Waals surface area contributed by atoms with Gasteiger partial charge in [0, 0.05) is 12.3 Å². The van der Waals surface area contributed by atoms with E-state index in [9.17, 15) is 21.6 Å². The van der Waals surface area contributed by atoms with E-state index >= 15 is 0 Å². The van der Waals surface area contributed by atoms with Crippen LogP contribution in [0, 0.1) is 29.1 Å². The predicted octanol–water partition coefficient (Wildman–Crippen LogP) is 1.53. The third kappa shape index (κ3) is 1.65. The van der Waals surface area contributed by atoms with Gasteiger partial charge in [-0.05, 0) is 12.0 Å². The van der Waals surface area contributed by atoms with Gasteiger partial charge in [-0.15, -0.1) is 0 Å². The van der Waals surface area contributed by atoms with E-state index in [1.807, 2.05) is 6.07 Å². The van der Waals surface area contributed by atoms with Crippen molar-refractivity contribution in [1.82, 2.24) is 0 Å². The van der Waals surface area contributed by atoms with E-state index in [2.05, 4.69) is 4.18 Å². The van der Waals surface area contributed by atoms with Crippen molar-refractivity contribution in [1.29, 1.82) is 5.26 Å². The second-order valence-corrected chi connectivity index (χ2v) is 5.25. The summed E-state index contributed by atoms with van der Waals surface area (Å²) in [5.41, 5.74) is -5.41. The molecule has 2 aliphatic carbocycles. The van der Waals surface area contributed by atoms with Crippen molar-refractivity contribution in [3.8, 4) is 6.07 Å². The second kappa shape index (κ2) is 3.13. The molecule has 8 heteroatoms. The van der Waals surface area contributed by atoms with Gasteiger partial charge in [-0.1, -0.05) is 0 Å². The fourth-order valence-electron chi connectivity index (χ4n) is 1.84. The van der Waals surface area contributed by atoms with Crippen LogP contribution in [0.2, 0.25) is 0 Å². The van der Waals surface area contributed by atoms with Crippen molar-refractivity contribution in [3.63, 3.8) is 0 Å². The van der Waals surface area contributed by atoms with Crippen molar-refractivity contribution in [3.05, 3.63) is 11.8 Å². The Morgan fingerprint density at radius 1 is 1.50 bits per heavy atom. The van der Waals surface area contributed by atoms with Gasteiger partial charge in [-0.3, -0.25) is 0 Å². The Kier molecular flexibility index (Phi) is 2.21. The summed E-state index contributed by atoms with van der Waals surface area (Å²) >= 11 is 0. The third-order valence-electron chi connectivity index (χ3n) is 2.69. The van der Waals surface area contributed by atoms with Gasteiger partial charge in [0.15, 0.2) is 0 Å². The smallest absolute Gasteiger partial charge is 0.381 e. The lowest BCUT2D eigenvalue weighted by Gasteiger charge is -2.10. The standard InChI is InChI=1S/C8H6F3NO3S/c9-8(10,11)16(13,14)15-4-1-5-6(2-4)7(5)3-12/h1,5-7H,2H2. The van der Waals surface area contributed by atoms with Crippen LogP contribution in [-0.2, 0) is 14.3 Å². The summed E-state index contributed by atoms with van der Waals surface area (Å²) in [4.78, 5) is 0. The monoisotopic (exact) mass is 253 g/mol. The summed E-state index contributed by atoms with van der Waals surface area (Å²) in [5, 5.41) is 8.54. The van der Waals surface area contributed by atoms with Gasteiger partial charge in [0.05, 0.1) is 12.0 Å². The summed E-state index contributed by atoms with van der Waals surface area (Å²) < 4.78 is 61.0. The molecule has 0 aliphatic heterocycles. The molecule has 4 nitrogen and oxygen atoms in total. The number of nitriles is 1. The highest BCUT2D eigenvalue weighted by atomic mass is 32.2. The molecule has 3 atom stereocenters. The van der Waals surface area contributed by atoms with Crippen molar-refractivity contribution in [2.75, 3.05) is 0 Å². The zero-order valence-corrected chi connectivity index (χ0v) is 8.55. The maximum atomic E-state index is 11.9. The summed E-state index contributed by atoms with van der Waals surface area (Å²) in [7, 11) is -5.56. The summed E-state index contributed by atoms with van der Waals surface area (Å²) in [6.07, 6.45) is 1.38. The predicted molar refractivity (Wildman–Crippen MR) is 44.8 cm³/mol. The second-order valence-electron chi connectivity index (χ2n) is 3.72. The first kappa shape index (κ1) is 11.3. The molecule has 1 fully saturated rings. The number of alkyl halides is 3. The molecule has 0 spiro atoms. The van der Waals surface area contributed by atoms with Crippen LogP contribution >= 0.6 is 0 Å². The van der Waals surface area contributed by atoms with Crippen LogP contribution in [-0.4, -0.2) is 13.9 Å². The number of halogens is 3. The van der Waals surface area contributed by atoms with Crippen molar-refractivity contribution >= 4 is 10.1 Å². The van der Waals surface area contributed by atoms with Gasteiger partial charge in [0.25, 0.3) is 0 Å². The molecule has 0 bridgehead atoms. The summed E-state index contributed by atoms with van der Waals surface area (Å²) in [6.45, 7) is 0. The number of rotatable bonds is 2. The van der Waals surface area contributed by atoms with E-state index < -0.39 is 15.6 Å². The van der Waals surface area contributed by atoms with Crippen LogP contribution in [0.4, 0.5) is 13.2 Å². The normalized spacial score (nSPS) is 32.6. The minimum atomic E-state index is -5.56. The number of fused-ring (bicyclic) bond motifs is 1. The van der Waals surface area contributed by atoms with Gasteiger partial charge >= 0.3 is 15.6 Å². The molecule has 2 rings (SSSR count). The van der Waals surface area contributed by atoms with Gasteiger partial charge < -0.3 is 4.18 Å². The molecule has 0 aromatic rings. The Bertz CT molecular complexity index is 488. The quantitative estimate of drug-likeness (QED) is 0.552. The highest BCUT2D eigenvalue weighted by molar-refractivity contribution is 7.87. The van der Waals surface area contributed by atoms with Crippen molar-refractivity contribution in [2.24, 2.45) is 17.8 Å². The fraction of sp³-hybridized carbons (Fsp3) is 0.625. The van der Waals surface area contributed by atoms with Crippen molar-refractivity contribution < 1.29 is 25.8 Å². The van der Waals surface area contributed by atoms with E-state index in [1.54, 1.807) is 0 Å². The SMILES string of the molecule is N#CC1C2C=C(OS(=O)(=O)C(F)(F)F)CC12. The molecule has 0 aromatic carbocycles. The zero-order chi connectivity index (χ0) is 12.1. The number of nitrogens with zero attached hydrogens (tertiary/aromatic N) is 1. The van der Waals surface area contributed by atoms with E-state index in [0.29, 0.717) is 0 Å². The molecule has 0 saturated heterocycles. The van der Waals surface area contributed by atoms with Crippen LogP contribution in [0.25, 0.3) is 0 Å². The number of hydrogen-bond donors (Lipinski definition) is 0. The Labute approximate surface area is 89.4 Å². The van der Waals surface area contributed by atoms with Crippen LogP contribution in [0.5, 0.6) is 0 Å². The van der Waals surface area contributed by atoms with E-state index in [-0.39, 0.29) is 29.9 Å². The van der Waals surface area contributed by atoms with E-state index in [4.69, 9.17) is 5.26 Å². The Morgan fingerprint density at radius 2 is 2.12 bits per heavy atom. The molecule has 1 saturated carbocycles. The molecule has 3 unspecified atom stereocenters. The van der Waals surface area contributed by atoms with Crippen LogP contribution < -0.4 is 0 Å². The third-order valence-corrected chi connectivity index (χ3v) is 3.69. The molecule has 2 aliphatic rings. The molecule has 0 aromatic heterocycles. The van der Waals surface area contributed by atoms with Crippen molar-refractivity contribution in [2.45, 2.75) is 11.9 Å². The molecular weight excluding hydrogens is 247 g/mol. The Balaban J connectivity index is 2.05. The Hall–Kier alpha value is -1.23. The van der Waals surface area contributed by atoms with Crippen LogP contribution in [0.3, 0.4) is 0 Å². The maximum Gasteiger partial charge on any atom is 0.534 e. The average molecular weight is 253 g/mol. The number of hydrogen-bond acceptors (Lipinski definition) is 4. The fourth-order valence-corrected chi connectivity index (χ4v) is 2.34. The first-order chi connectivity index (χ1) is 7.26. The lowest BCUT2D eigenvalue weighted by Crippen LogP contribution is -2.25. The maximum absolute atomic E-state index is 11.9. The molecule has 0 amide bonds. The minimum absolute atomic E-state index is 0.0802. The minimum Gasteiger partial charge on any atom is -0.381 e. The Morgan fingerprint density at radius 3 is 2.50 bits per heavy atom. The summed E-state index contributed by atoms with van der Waals surface area (Å²) in [5.74, 6) is -0.647. The molecule has 16 heavy (non-hydrogen) atoms. The highest BCUT2D eigenvalue weighted by Crippen LogP contribution is 2.56. The average Bonchev–Trinajstić information content (AvgIpc) is 2.59. The zero-order valence-electron chi connectivity index (χ0n) is 7.73. The molecule has 0 N–H and O–H groups in total. The van der Waals surface area contributed by atoms with Gasteiger partial charge in [0.2, 0.25) is 0 Å². The molecule has 88 valence electrons. The molecule has 0 heterocycles. The van der Waals surface area contributed by atoms with E-state index in [1.165, 1.54) is 6.08 Å². The van der Waals surface area contributed by atoms with Gasteiger partial charge in [-0.2, -0.15) is 26.9 Å². The first-order valence-electron chi connectivity index (χ1n) is 4.37. The molecule has 0 radical (unpaired) electrons. The van der Waals surface area contributed by atoms with Gasteiger partial charge in [-0.25, -0.2) is 0 Å².